The maximum absolute atomic E-state index is 12.5. The molecule has 24 heavy (non-hydrogen) atoms. The summed E-state index contributed by atoms with van der Waals surface area (Å²) in [4.78, 5) is 28.1. The molecule has 0 unspecified atom stereocenters. The Balaban J connectivity index is 1.88. The third-order valence-corrected chi connectivity index (χ3v) is 4.46. The molecule has 1 saturated heterocycles. The zero-order valence-corrected chi connectivity index (χ0v) is 14.1. The van der Waals surface area contributed by atoms with Crippen LogP contribution in [0.15, 0.2) is 53.4 Å². The van der Waals surface area contributed by atoms with Gasteiger partial charge in [-0.3, -0.25) is 9.59 Å². The predicted molar refractivity (Wildman–Crippen MR) is 97.3 cm³/mol. The zero-order chi connectivity index (χ0) is 17.3. The van der Waals surface area contributed by atoms with Crippen molar-refractivity contribution in [3.05, 3.63) is 59.0 Å². The van der Waals surface area contributed by atoms with Gasteiger partial charge in [0.25, 0.3) is 11.1 Å². The quantitative estimate of drug-likeness (QED) is 0.863. The van der Waals surface area contributed by atoms with Crippen LogP contribution < -0.4 is 9.80 Å². The van der Waals surface area contributed by atoms with Crippen molar-refractivity contribution < 1.29 is 14.7 Å². The Labute approximate surface area is 144 Å². The van der Waals surface area contributed by atoms with Crippen LogP contribution in [-0.4, -0.2) is 30.3 Å². The van der Waals surface area contributed by atoms with Gasteiger partial charge in [0.15, 0.2) is 0 Å². The Bertz CT molecular complexity index is 828. The molecule has 0 atom stereocenters. The van der Waals surface area contributed by atoms with E-state index >= 15 is 0 Å². The first-order valence-electron chi connectivity index (χ1n) is 7.30. The molecule has 2 aromatic rings. The van der Waals surface area contributed by atoms with Crippen LogP contribution >= 0.6 is 11.8 Å². The number of carbonyl (C=O) groups is 2. The number of carbonyl (C=O) groups excluding carboxylic acids is 2. The molecular formula is C18H16N2O3S. The number of rotatable bonds is 3. The lowest BCUT2D eigenvalue weighted by molar-refractivity contribution is -0.113. The topological polar surface area (TPSA) is 60.9 Å². The average molecular weight is 340 g/mol. The van der Waals surface area contributed by atoms with Crippen molar-refractivity contribution in [3.63, 3.8) is 0 Å². The van der Waals surface area contributed by atoms with Crippen LogP contribution in [0.2, 0.25) is 0 Å². The summed E-state index contributed by atoms with van der Waals surface area (Å²) in [6.45, 7) is 0. The van der Waals surface area contributed by atoms with Crippen molar-refractivity contribution in [2.45, 2.75) is 0 Å². The Morgan fingerprint density at radius 2 is 1.79 bits per heavy atom. The fourth-order valence-electron chi connectivity index (χ4n) is 2.34. The molecule has 1 N–H and O–H groups in total. The van der Waals surface area contributed by atoms with E-state index in [0.29, 0.717) is 10.6 Å². The smallest absolute Gasteiger partial charge is 0.298 e. The van der Waals surface area contributed by atoms with Gasteiger partial charge in [-0.15, -0.1) is 0 Å². The largest absolute Gasteiger partial charge is 0.508 e. The molecule has 1 heterocycles. The van der Waals surface area contributed by atoms with Crippen LogP contribution in [0.3, 0.4) is 0 Å². The van der Waals surface area contributed by atoms with Crippen LogP contribution in [0.4, 0.5) is 16.2 Å². The minimum absolute atomic E-state index is 0.00908. The Morgan fingerprint density at radius 1 is 1.08 bits per heavy atom. The number of nitrogens with zero attached hydrogens (tertiary/aromatic N) is 2. The standard InChI is InChI=1S/C18H16N2O3S/c1-19(2)13-8-6-12(7-9-13)10-16-17(22)20(18(23)24-16)14-4-3-5-15(21)11-14/h3-11,21H,1-2H3/b16-10-. The van der Waals surface area contributed by atoms with E-state index in [0.717, 1.165) is 27.9 Å². The fraction of sp³-hybridized carbons (Fsp3) is 0.111. The lowest BCUT2D eigenvalue weighted by atomic mass is 10.2. The minimum atomic E-state index is -0.382. The zero-order valence-electron chi connectivity index (χ0n) is 13.3. The highest BCUT2D eigenvalue weighted by molar-refractivity contribution is 8.19. The second kappa shape index (κ2) is 6.41. The van der Waals surface area contributed by atoms with Crippen LogP contribution in [0, 0.1) is 0 Å². The number of hydrogen-bond donors (Lipinski definition) is 1. The van der Waals surface area contributed by atoms with E-state index in [9.17, 15) is 14.7 Å². The van der Waals surface area contributed by atoms with Crippen LogP contribution in [0.5, 0.6) is 5.75 Å². The van der Waals surface area contributed by atoms with Crippen molar-refractivity contribution in [3.8, 4) is 5.75 Å². The number of phenols is 1. The van der Waals surface area contributed by atoms with Gasteiger partial charge in [-0.1, -0.05) is 18.2 Å². The summed E-state index contributed by atoms with van der Waals surface area (Å²) in [6, 6.07) is 13.8. The minimum Gasteiger partial charge on any atom is -0.508 e. The molecular weight excluding hydrogens is 324 g/mol. The summed E-state index contributed by atoms with van der Waals surface area (Å²) in [5, 5.41) is 9.17. The molecule has 0 radical (unpaired) electrons. The van der Waals surface area contributed by atoms with Crippen LogP contribution in [0.25, 0.3) is 6.08 Å². The molecule has 1 fully saturated rings. The lowest BCUT2D eigenvalue weighted by Gasteiger charge is -2.12. The number of benzene rings is 2. The summed E-state index contributed by atoms with van der Waals surface area (Å²) in [7, 11) is 3.91. The Hall–Kier alpha value is -2.73. The van der Waals surface area contributed by atoms with Crippen LogP contribution in [0.1, 0.15) is 5.56 Å². The molecule has 0 aromatic heterocycles. The number of phenolic OH excluding ortho intramolecular Hbond substituents is 1. The summed E-state index contributed by atoms with van der Waals surface area (Å²) in [5.74, 6) is -0.373. The maximum Gasteiger partial charge on any atom is 0.298 e. The van der Waals surface area contributed by atoms with E-state index < -0.39 is 0 Å². The van der Waals surface area contributed by atoms with Gasteiger partial charge in [-0.05, 0) is 47.7 Å². The molecule has 0 spiro atoms. The second-order valence-corrected chi connectivity index (χ2v) is 6.52. The number of hydrogen-bond acceptors (Lipinski definition) is 5. The molecule has 5 nitrogen and oxygen atoms in total. The molecule has 0 saturated carbocycles. The van der Waals surface area contributed by atoms with E-state index in [1.165, 1.54) is 12.1 Å². The third-order valence-electron chi connectivity index (χ3n) is 3.59. The highest BCUT2D eigenvalue weighted by Gasteiger charge is 2.36. The molecule has 2 aromatic carbocycles. The second-order valence-electron chi connectivity index (χ2n) is 5.52. The SMILES string of the molecule is CN(C)c1ccc(/C=C2\SC(=O)N(c3cccc(O)c3)C2=O)cc1. The number of thioether (sulfide) groups is 1. The molecule has 122 valence electrons. The van der Waals surface area contributed by atoms with Gasteiger partial charge >= 0.3 is 0 Å². The monoisotopic (exact) mass is 340 g/mol. The average Bonchev–Trinajstić information content (AvgIpc) is 2.82. The van der Waals surface area contributed by atoms with Gasteiger partial charge in [0.05, 0.1) is 10.6 Å². The fourth-order valence-corrected chi connectivity index (χ4v) is 3.18. The molecule has 1 aliphatic rings. The molecule has 3 rings (SSSR count). The molecule has 1 aliphatic heterocycles. The maximum atomic E-state index is 12.5. The molecule has 0 aliphatic carbocycles. The molecule has 6 heteroatoms. The van der Waals surface area contributed by atoms with Gasteiger partial charge in [0.2, 0.25) is 0 Å². The van der Waals surface area contributed by atoms with Gasteiger partial charge in [-0.2, -0.15) is 0 Å². The molecule has 0 bridgehead atoms. The summed E-state index contributed by atoms with van der Waals surface area (Å²) in [6.07, 6.45) is 1.70. The van der Waals surface area contributed by atoms with Crippen molar-refractivity contribution >= 4 is 40.4 Å². The first-order valence-corrected chi connectivity index (χ1v) is 8.12. The number of anilines is 2. The highest BCUT2D eigenvalue weighted by Crippen LogP contribution is 2.36. The van der Waals surface area contributed by atoms with Gasteiger partial charge in [-0.25, -0.2) is 4.90 Å². The Kier molecular flexibility index (Phi) is 4.31. The Morgan fingerprint density at radius 3 is 2.42 bits per heavy atom. The van der Waals surface area contributed by atoms with Crippen molar-refractivity contribution in [2.24, 2.45) is 0 Å². The number of amides is 2. The van der Waals surface area contributed by atoms with E-state index in [-0.39, 0.29) is 16.9 Å². The van der Waals surface area contributed by atoms with E-state index in [4.69, 9.17) is 0 Å². The summed E-state index contributed by atoms with van der Waals surface area (Å²) < 4.78 is 0. The van der Waals surface area contributed by atoms with Crippen molar-refractivity contribution in [1.82, 2.24) is 0 Å². The summed E-state index contributed by atoms with van der Waals surface area (Å²) >= 11 is 0.894. The van der Waals surface area contributed by atoms with Crippen LogP contribution in [-0.2, 0) is 4.79 Å². The van der Waals surface area contributed by atoms with E-state index in [1.807, 2.05) is 43.3 Å². The number of imide groups is 1. The van der Waals surface area contributed by atoms with Gasteiger partial charge in [0.1, 0.15) is 5.75 Å². The lowest BCUT2D eigenvalue weighted by Crippen LogP contribution is -2.27. The summed E-state index contributed by atoms with van der Waals surface area (Å²) in [5.41, 5.74) is 2.27. The molecule has 2 amide bonds. The van der Waals surface area contributed by atoms with Crippen molar-refractivity contribution in [1.29, 1.82) is 0 Å². The van der Waals surface area contributed by atoms with Gasteiger partial charge < -0.3 is 10.0 Å². The third kappa shape index (κ3) is 3.14. The van der Waals surface area contributed by atoms with Gasteiger partial charge in [0, 0.05) is 25.8 Å². The predicted octanol–water partition coefficient (Wildman–Crippen LogP) is 3.70. The van der Waals surface area contributed by atoms with E-state index in [1.54, 1.807) is 18.2 Å². The first-order chi connectivity index (χ1) is 11.5. The normalized spacial score (nSPS) is 16.1. The van der Waals surface area contributed by atoms with Crippen molar-refractivity contribution in [2.75, 3.05) is 23.9 Å². The van der Waals surface area contributed by atoms with E-state index in [2.05, 4.69) is 0 Å². The number of aromatic hydroxyl groups is 1. The first kappa shape index (κ1) is 16.1. The highest BCUT2D eigenvalue weighted by atomic mass is 32.2.